The first-order valence-electron chi connectivity index (χ1n) is 13.1. The number of hydrogen-bond acceptors (Lipinski definition) is 8. The molecule has 38 heavy (non-hydrogen) atoms. The molecule has 5 atom stereocenters. The van der Waals surface area contributed by atoms with Gasteiger partial charge in [0.2, 0.25) is 5.91 Å². The predicted octanol–water partition coefficient (Wildman–Crippen LogP) is 3.12. The summed E-state index contributed by atoms with van der Waals surface area (Å²) in [6.07, 6.45) is 1.00. The summed E-state index contributed by atoms with van der Waals surface area (Å²) >= 11 is 1.56. The molecule has 3 aliphatic heterocycles. The summed E-state index contributed by atoms with van der Waals surface area (Å²) in [5.41, 5.74) is -0.265. The fourth-order valence-electron chi connectivity index (χ4n) is 6.85. The largest absolute Gasteiger partial charge is 0.417 e. The van der Waals surface area contributed by atoms with Crippen molar-refractivity contribution >= 4 is 22.4 Å². The molecule has 0 spiro atoms. The molecule has 3 fully saturated rings. The summed E-state index contributed by atoms with van der Waals surface area (Å²) in [5.74, 6) is 0.155. The SMILES string of the molecule is COC1COCCC1NC1CC2CN(c3nccs3)CC2(C(=O)N2CCc3ncc(C(F)(F)F)cc3C2)C1. The molecule has 0 radical (unpaired) electrons. The van der Waals surface area contributed by atoms with Gasteiger partial charge in [-0.2, -0.15) is 13.2 Å². The second-order valence-electron chi connectivity index (χ2n) is 10.9. The van der Waals surface area contributed by atoms with Gasteiger partial charge in [0, 0.05) is 81.9 Å². The van der Waals surface area contributed by atoms with Crippen molar-refractivity contribution in [2.24, 2.45) is 11.3 Å². The van der Waals surface area contributed by atoms with Crippen LogP contribution in [0.25, 0.3) is 0 Å². The normalized spacial score (nSPS) is 31.4. The molecule has 8 nitrogen and oxygen atoms in total. The topological polar surface area (TPSA) is 79.8 Å². The Kier molecular flexibility index (Phi) is 6.86. The van der Waals surface area contributed by atoms with E-state index in [1.807, 2.05) is 5.38 Å². The van der Waals surface area contributed by atoms with E-state index in [0.29, 0.717) is 50.4 Å². The maximum Gasteiger partial charge on any atom is 0.417 e. The molecular weight excluding hydrogens is 519 g/mol. The molecule has 206 valence electrons. The van der Waals surface area contributed by atoms with Crippen molar-refractivity contribution in [2.75, 3.05) is 44.9 Å². The number of thiazole rings is 1. The van der Waals surface area contributed by atoms with E-state index in [-0.39, 0.29) is 36.6 Å². The number of methoxy groups -OCH3 is 1. The maximum absolute atomic E-state index is 14.3. The zero-order chi connectivity index (χ0) is 26.5. The standard InChI is InChI=1S/C26H32F3N5O3S/c1-36-22-14-37-6-3-21(22)32-19-9-18-13-34(24-30-4-7-38-24)15-25(18,10-19)23(35)33-5-2-20-16(12-33)8-17(11-31-20)26(27,28)29/h4,7-8,11,18-19,21-22,32H,2-3,5-6,9-10,12-15H2,1H3. The Morgan fingerprint density at radius 3 is 2.97 bits per heavy atom. The number of rotatable bonds is 5. The van der Waals surface area contributed by atoms with Crippen LogP contribution in [-0.2, 0) is 33.4 Å². The van der Waals surface area contributed by atoms with Gasteiger partial charge < -0.3 is 24.6 Å². The van der Waals surface area contributed by atoms with Gasteiger partial charge in [0.1, 0.15) is 0 Å². The monoisotopic (exact) mass is 551 g/mol. The van der Waals surface area contributed by atoms with Crippen molar-refractivity contribution in [3.63, 3.8) is 0 Å². The van der Waals surface area contributed by atoms with Gasteiger partial charge in [-0.1, -0.05) is 0 Å². The number of amides is 1. The van der Waals surface area contributed by atoms with E-state index in [4.69, 9.17) is 9.47 Å². The Morgan fingerprint density at radius 2 is 2.21 bits per heavy atom. The number of carbonyl (C=O) groups excluding carboxylic acids is 1. The van der Waals surface area contributed by atoms with Crippen molar-refractivity contribution in [3.8, 4) is 0 Å². The molecule has 5 heterocycles. The molecule has 1 N–H and O–H groups in total. The molecule has 4 aliphatic rings. The van der Waals surface area contributed by atoms with Crippen LogP contribution in [0.15, 0.2) is 23.8 Å². The Bertz CT molecular complexity index is 1170. The van der Waals surface area contributed by atoms with Gasteiger partial charge in [0.25, 0.3) is 0 Å². The van der Waals surface area contributed by atoms with E-state index in [9.17, 15) is 18.0 Å². The smallest absolute Gasteiger partial charge is 0.379 e. The summed E-state index contributed by atoms with van der Waals surface area (Å²) in [6.45, 7) is 3.14. The quantitative estimate of drug-likeness (QED) is 0.612. The number of carbonyl (C=O) groups is 1. The highest BCUT2D eigenvalue weighted by Crippen LogP contribution is 2.51. The van der Waals surface area contributed by atoms with Crippen LogP contribution in [0, 0.1) is 11.3 Å². The van der Waals surface area contributed by atoms with Gasteiger partial charge in [0.05, 0.1) is 23.7 Å². The average Bonchev–Trinajstić information content (AvgIpc) is 3.63. The third kappa shape index (κ3) is 4.69. The lowest BCUT2D eigenvalue weighted by Gasteiger charge is -2.37. The highest BCUT2D eigenvalue weighted by atomic mass is 32.1. The van der Waals surface area contributed by atoms with E-state index in [1.165, 1.54) is 0 Å². The minimum atomic E-state index is -4.47. The Morgan fingerprint density at radius 1 is 1.34 bits per heavy atom. The number of alkyl halides is 3. The molecule has 5 unspecified atom stereocenters. The van der Waals surface area contributed by atoms with Gasteiger partial charge in [-0.15, -0.1) is 11.3 Å². The minimum absolute atomic E-state index is 0.0309. The lowest BCUT2D eigenvalue weighted by atomic mass is 9.78. The van der Waals surface area contributed by atoms with Crippen LogP contribution in [0.3, 0.4) is 0 Å². The summed E-state index contributed by atoms with van der Waals surface area (Å²) in [4.78, 5) is 26.9. The lowest BCUT2D eigenvalue weighted by molar-refractivity contribution is -0.143. The number of hydrogen-bond donors (Lipinski definition) is 1. The molecule has 1 aliphatic carbocycles. The Balaban J connectivity index is 1.24. The van der Waals surface area contributed by atoms with E-state index in [0.717, 1.165) is 36.8 Å². The maximum atomic E-state index is 14.3. The first kappa shape index (κ1) is 26.0. The fourth-order valence-corrected chi connectivity index (χ4v) is 7.51. The van der Waals surface area contributed by atoms with Crippen LogP contribution in [0.1, 0.15) is 36.1 Å². The predicted molar refractivity (Wildman–Crippen MR) is 135 cm³/mol. The van der Waals surface area contributed by atoms with Crippen molar-refractivity contribution in [1.82, 2.24) is 20.2 Å². The number of aromatic nitrogens is 2. The number of ether oxygens (including phenoxy) is 2. The highest BCUT2D eigenvalue weighted by Gasteiger charge is 2.59. The van der Waals surface area contributed by atoms with Gasteiger partial charge in [-0.25, -0.2) is 4.98 Å². The van der Waals surface area contributed by atoms with Gasteiger partial charge in [-0.05, 0) is 36.8 Å². The lowest BCUT2D eigenvalue weighted by Crippen LogP contribution is -2.52. The molecular formula is C26H32F3N5O3S. The zero-order valence-corrected chi connectivity index (χ0v) is 22.1. The second kappa shape index (κ2) is 10.0. The number of nitrogens with zero attached hydrogens (tertiary/aromatic N) is 4. The summed E-state index contributed by atoms with van der Waals surface area (Å²) in [6, 6.07) is 1.47. The molecule has 1 amide bonds. The molecule has 2 saturated heterocycles. The van der Waals surface area contributed by atoms with Crippen LogP contribution >= 0.6 is 11.3 Å². The van der Waals surface area contributed by atoms with Crippen LogP contribution in [0.2, 0.25) is 0 Å². The number of halogens is 3. The minimum Gasteiger partial charge on any atom is -0.379 e. The van der Waals surface area contributed by atoms with E-state index < -0.39 is 17.2 Å². The van der Waals surface area contributed by atoms with Crippen LogP contribution in [0.5, 0.6) is 0 Å². The molecule has 0 bridgehead atoms. The van der Waals surface area contributed by atoms with E-state index in [2.05, 4.69) is 20.2 Å². The molecule has 1 saturated carbocycles. The third-order valence-electron chi connectivity index (χ3n) is 8.70. The van der Waals surface area contributed by atoms with Crippen molar-refractivity contribution in [2.45, 2.75) is 56.6 Å². The number of fused-ring (bicyclic) bond motifs is 2. The van der Waals surface area contributed by atoms with Crippen LogP contribution < -0.4 is 10.2 Å². The Labute approximate surface area is 223 Å². The van der Waals surface area contributed by atoms with Crippen LogP contribution in [0.4, 0.5) is 18.3 Å². The second-order valence-corrected chi connectivity index (χ2v) is 11.8. The molecule has 12 heteroatoms. The van der Waals surface area contributed by atoms with Gasteiger partial charge in [-0.3, -0.25) is 9.78 Å². The molecule has 0 aromatic carbocycles. The van der Waals surface area contributed by atoms with Crippen molar-refractivity contribution < 1.29 is 27.4 Å². The first-order chi connectivity index (χ1) is 18.3. The van der Waals surface area contributed by atoms with Crippen LogP contribution in [-0.4, -0.2) is 78.9 Å². The molecule has 2 aromatic rings. The third-order valence-corrected chi connectivity index (χ3v) is 9.53. The summed E-state index contributed by atoms with van der Waals surface area (Å²) in [7, 11) is 1.70. The summed E-state index contributed by atoms with van der Waals surface area (Å²) in [5, 5.41) is 6.62. The van der Waals surface area contributed by atoms with Gasteiger partial charge >= 0.3 is 6.18 Å². The van der Waals surface area contributed by atoms with E-state index >= 15 is 0 Å². The fraction of sp³-hybridized carbons (Fsp3) is 0.654. The number of pyridine rings is 1. The van der Waals surface area contributed by atoms with Crippen molar-refractivity contribution in [1.29, 1.82) is 0 Å². The summed E-state index contributed by atoms with van der Waals surface area (Å²) < 4.78 is 51.3. The molecule has 2 aromatic heterocycles. The Hall–Kier alpha value is -2.28. The average molecular weight is 552 g/mol. The highest BCUT2D eigenvalue weighted by molar-refractivity contribution is 7.13. The first-order valence-corrected chi connectivity index (χ1v) is 14.0. The zero-order valence-electron chi connectivity index (χ0n) is 21.2. The molecule has 6 rings (SSSR count). The number of nitrogens with one attached hydrogen (secondary N) is 1. The van der Waals surface area contributed by atoms with Gasteiger partial charge in [0.15, 0.2) is 5.13 Å². The van der Waals surface area contributed by atoms with Crippen molar-refractivity contribution in [3.05, 3.63) is 40.7 Å². The number of anilines is 1. The van der Waals surface area contributed by atoms with E-state index in [1.54, 1.807) is 29.5 Å².